The van der Waals surface area contributed by atoms with Crippen LogP contribution in [0.3, 0.4) is 0 Å². The van der Waals surface area contributed by atoms with E-state index in [2.05, 4.69) is 5.32 Å². The first-order valence-corrected chi connectivity index (χ1v) is 4.58. The molecule has 0 bridgehead atoms. The third-order valence-electron chi connectivity index (χ3n) is 2.52. The fraction of sp³-hybridized carbons (Fsp3) is 0.778. The number of piperidine rings is 1. The highest BCUT2D eigenvalue weighted by Gasteiger charge is 2.30. The molecule has 4 nitrogen and oxygen atoms in total. The topological polar surface area (TPSA) is 49.4 Å². The molecule has 1 heterocycles. The highest BCUT2D eigenvalue weighted by Crippen LogP contribution is 2.12. The monoisotopic (exact) mass is 184 g/mol. The van der Waals surface area contributed by atoms with E-state index in [0.717, 1.165) is 0 Å². The Hall–Kier alpha value is -0.900. The van der Waals surface area contributed by atoms with Crippen LogP contribution in [0.15, 0.2) is 0 Å². The van der Waals surface area contributed by atoms with E-state index in [-0.39, 0.29) is 17.9 Å². The molecule has 1 atom stereocenters. The predicted octanol–water partition coefficient (Wildman–Crippen LogP) is 0.132. The minimum absolute atomic E-state index is 0.141. The first-order chi connectivity index (χ1) is 6.02. The summed E-state index contributed by atoms with van der Waals surface area (Å²) in [5.74, 6) is -0.314. The molecular weight excluding hydrogens is 168 g/mol. The van der Waals surface area contributed by atoms with Gasteiger partial charge in [0, 0.05) is 12.5 Å². The van der Waals surface area contributed by atoms with E-state index in [1.807, 2.05) is 25.8 Å². The number of nitrogens with zero attached hydrogens (tertiary/aromatic N) is 1. The average molecular weight is 184 g/mol. The number of hydrogen-bond acceptors (Lipinski definition) is 3. The van der Waals surface area contributed by atoms with Gasteiger partial charge in [-0.1, -0.05) is 0 Å². The van der Waals surface area contributed by atoms with Gasteiger partial charge in [-0.05, 0) is 27.3 Å². The number of nitrogens with one attached hydrogen (secondary N) is 1. The molecule has 74 valence electrons. The number of carbonyl (C=O) groups excluding carboxylic acids is 2. The lowest BCUT2D eigenvalue weighted by molar-refractivity contribution is -0.137. The lowest BCUT2D eigenvalue weighted by atomic mass is 10.0. The van der Waals surface area contributed by atoms with Crippen molar-refractivity contribution in [2.75, 3.05) is 7.05 Å². The fourth-order valence-corrected chi connectivity index (χ4v) is 1.43. The largest absolute Gasteiger partial charge is 0.295 e. The third kappa shape index (κ3) is 2.28. The molecule has 4 heteroatoms. The fourth-order valence-electron chi connectivity index (χ4n) is 1.43. The predicted molar refractivity (Wildman–Crippen MR) is 49.1 cm³/mol. The second kappa shape index (κ2) is 3.87. The Balaban J connectivity index is 2.61. The summed E-state index contributed by atoms with van der Waals surface area (Å²) in [6.07, 6.45) is 1.09. The Bertz CT molecular complexity index is 226. The summed E-state index contributed by atoms with van der Waals surface area (Å²) in [6.45, 7) is 4.06. The van der Waals surface area contributed by atoms with E-state index in [9.17, 15) is 9.59 Å². The van der Waals surface area contributed by atoms with Crippen LogP contribution in [0.25, 0.3) is 0 Å². The molecule has 0 radical (unpaired) electrons. The lowest BCUT2D eigenvalue weighted by Gasteiger charge is -2.32. The van der Waals surface area contributed by atoms with Gasteiger partial charge in [0.2, 0.25) is 11.8 Å². The Morgan fingerprint density at radius 2 is 2.08 bits per heavy atom. The van der Waals surface area contributed by atoms with Gasteiger partial charge in [-0.25, -0.2) is 0 Å². The van der Waals surface area contributed by atoms with Crippen molar-refractivity contribution < 1.29 is 9.59 Å². The van der Waals surface area contributed by atoms with Gasteiger partial charge in [0.25, 0.3) is 0 Å². The van der Waals surface area contributed by atoms with Crippen molar-refractivity contribution >= 4 is 11.8 Å². The molecular formula is C9H16N2O2. The van der Waals surface area contributed by atoms with E-state index < -0.39 is 0 Å². The van der Waals surface area contributed by atoms with Crippen molar-refractivity contribution in [1.29, 1.82) is 0 Å². The highest BCUT2D eigenvalue weighted by molar-refractivity contribution is 6.00. The molecule has 1 fully saturated rings. The zero-order chi connectivity index (χ0) is 10.0. The van der Waals surface area contributed by atoms with Gasteiger partial charge in [0.15, 0.2) is 0 Å². The van der Waals surface area contributed by atoms with Crippen molar-refractivity contribution in [1.82, 2.24) is 10.2 Å². The summed E-state index contributed by atoms with van der Waals surface area (Å²) in [6, 6.07) is 0.182. The van der Waals surface area contributed by atoms with Crippen LogP contribution >= 0.6 is 0 Å². The third-order valence-corrected chi connectivity index (χ3v) is 2.52. The van der Waals surface area contributed by atoms with Crippen LogP contribution in [0.4, 0.5) is 0 Å². The Morgan fingerprint density at radius 3 is 2.54 bits per heavy atom. The van der Waals surface area contributed by atoms with Gasteiger partial charge >= 0.3 is 0 Å². The molecule has 1 rings (SSSR count). The summed E-state index contributed by atoms with van der Waals surface area (Å²) >= 11 is 0. The molecule has 2 amide bonds. The maximum absolute atomic E-state index is 11.4. The van der Waals surface area contributed by atoms with Crippen molar-refractivity contribution in [3.05, 3.63) is 0 Å². The molecule has 0 aromatic carbocycles. The smallest absolute Gasteiger partial charge is 0.243 e. The zero-order valence-electron chi connectivity index (χ0n) is 8.33. The number of amides is 2. The Morgan fingerprint density at radius 1 is 1.46 bits per heavy atom. The minimum atomic E-state index is -0.160. The van der Waals surface area contributed by atoms with Gasteiger partial charge in [-0.2, -0.15) is 0 Å². The number of hydrogen-bond donors (Lipinski definition) is 1. The standard InChI is InChI=1S/C9H16N2O2/c1-6(2)11(3)7-4-5-8(12)10-9(7)13/h6-7H,4-5H2,1-3H3,(H,10,12,13). The molecule has 0 aliphatic carbocycles. The zero-order valence-corrected chi connectivity index (χ0v) is 8.33. The summed E-state index contributed by atoms with van der Waals surface area (Å²) in [4.78, 5) is 24.2. The van der Waals surface area contributed by atoms with E-state index in [0.29, 0.717) is 18.9 Å². The maximum Gasteiger partial charge on any atom is 0.243 e. The van der Waals surface area contributed by atoms with Crippen LogP contribution in [0.5, 0.6) is 0 Å². The summed E-state index contributed by atoms with van der Waals surface area (Å²) in [7, 11) is 1.91. The minimum Gasteiger partial charge on any atom is -0.295 e. The second-order valence-corrected chi connectivity index (χ2v) is 3.73. The molecule has 1 N–H and O–H groups in total. The van der Waals surface area contributed by atoms with Crippen LogP contribution < -0.4 is 5.32 Å². The van der Waals surface area contributed by atoms with Crippen LogP contribution in [0.1, 0.15) is 26.7 Å². The molecule has 0 aromatic rings. The number of likely N-dealkylation sites (N-methyl/N-ethyl adjacent to an activating group) is 1. The second-order valence-electron chi connectivity index (χ2n) is 3.73. The lowest BCUT2D eigenvalue weighted by Crippen LogP contribution is -2.52. The van der Waals surface area contributed by atoms with Crippen molar-refractivity contribution in [2.45, 2.75) is 38.8 Å². The van der Waals surface area contributed by atoms with Gasteiger partial charge in [-0.3, -0.25) is 19.8 Å². The first-order valence-electron chi connectivity index (χ1n) is 4.58. The quantitative estimate of drug-likeness (QED) is 0.621. The summed E-state index contributed by atoms with van der Waals surface area (Å²) < 4.78 is 0. The van der Waals surface area contributed by atoms with Gasteiger partial charge < -0.3 is 0 Å². The van der Waals surface area contributed by atoms with Crippen LogP contribution in [-0.4, -0.2) is 35.8 Å². The summed E-state index contributed by atoms with van der Waals surface area (Å²) in [5.41, 5.74) is 0. The van der Waals surface area contributed by atoms with Gasteiger partial charge in [0.1, 0.15) is 0 Å². The van der Waals surface area contributed by atoms with Crippen LogP contribution in [0, 0.1) is 0 Å². The van der Waals surface area contributed by atoms with Crippen molar-refractivity contribution in [3.63, 3.8) is 0 Å². The SMILES string of the molecule is CC(C)N(C)C1CCC(=O)NC1=O. The van der Waals surface area contributed by atoms with E-state index in [1.54, 1.807) is 0 Å². The van der Waals surface area contributed by atoms with E-state index >= 15 is 0 Å². The van der Waals surface area contributed by atoms with E-state index in [1.165, 1.54) is 0 Å². The first kappa shape index (κ1) is 10.2. The molecule has 1 unspecified atom stereocenters. The van der Waals surface area contributed by atoms with Gasteiger partial charge in [-0.15, -0.1) is 0 Å². The molecule has 1 saturated heterocycles. The average Bonchev–Trinajstić information content (AvgIpc) is 2.03. The number of carbonyl (C=O) groups is 2. The van der Waals surface area contributed by atoms with Crippen LogP contribution in [-0.2, 0) is 9.59 Å². The maximum atomic E-state index is 11.4. The summed E-state index contributed by atoms with van der Waals surface area (Å²) in [5, 5.41) is 2.35. The van der Waals surface area contributed by atoms with Crippen molar-refractivity contribution in [2.24, 2.45) is 0 Å². The number of imide groups is 1. The molecule has 13 heavy (non-hydrogen) atoms. The molecule has 1 aliphatic heterocycles. The van der Waals surface area contributed by atoms with Gasteiger partial charge in [0.05, 0.1) is 6.04 Å². The Kier molecular flexibility index (Phi) is 3.03. The van der Waals surface area contributed by atoms with E-state index in [4.69, 9.17) is 0 Å². The molecule has 0 spiro atoms. The highest BCUT2D eigenvalue weighted by atomic mass is 16.2. The number of rotatable bonds is 2. The van der Waals surface area contributed by atoms with Crippen LogP contribution in [0.2, 0.25) is 0 Å². The molecule has 0 saturated carbocycles. The Labute approximate surface area is 78.3 Å². The normalized spacial score (nSPS) is 23.9. The molecule has 1 aliphatic rings. The van der Waals surface area contributed by atoms with Crippen molar-refractivity contribution in [3.8, 4) is 0 Å². The molecule has 0 aromatic heterocycles.